The maximum absolute atomic E-state index is 5.97. The van der Waals surface area contributed by atoms with Crippen molar-refractivity contribution in [2.75, 3.05) is 26.7 Å². The van der Waals surface area contributed by atoms with Gasteiger partial charge < -0.3 is 10.1 Å². The molecule has 0 radical (unpaired) electrons. The van der Waals surface area contributed by atoms with Gasteiger partial charge in [0.15, 0.2) is 0 Å². The Hall–Kier alpha value is -0.420. The molecule has 0 bridgehead atoms. The number of benzene rings is 1. The zero-order valence-electron chi connectivity index (χ0n) is 13.5. The minimum absolute atomic E-state index is 0.0391. The standard InChI is InChI=1S/C17H27BrN2O/c1-13-11-20(12-17(2,3)21-13)9-8-16(19-4)14-6-5-7-15(18)10-14/h5-7,10,13,16,19H,8-9,11-12H2,1-4H3. The van der Waals surface area contributed by atoms with E-state index in [9.17, 15) is 0 Å². The first-order valence-electron chi connectivity index (χ1n) is 7.72. The third kappa shape index (κ3) is 5.06. The van der Waals surface area contributed by atoms with Gasteiger partial charge in [0.2, 0.25) is 0 Å². The van der Waals surface area contributed by atoms with Crippen LogP contribution < -0.4 is 5.32 Å². The molecule has 118 valence electrons. The van der Waals surface area contributed by atoms with Gasteiger partial charge in [0.25, 0.3) is 0 Å². The maximum atomic E-state index is 5.97. The lowest BCUT2D eigenvalue weighted by Gasteiger charge is -2.42. The van der Waals surface area contributed by atoms with Crippen molar-refractivity contribution in [1.29, 1.82) is 0 Å². The van der Waals surface area contributed by atoms with Crippen molar-refractivity contribution >= 4 is 15.9 Å². The first-order valence-corrected chi connectivity index (χ1v) is 8.52. The van der Waals surface area contributed by atoms with Crippen LogP contribution in [0.4, 0.5) is 0 Å². The number of nitrogens with zero attached hydrogens (tertiary/aromatic N) is 1. The average molecular weight is 355 g/mol. The summed E-state index contributed by atoms with van der Waals surface area (Å²) in [5.41, 5.74) is 1.30. The Morgan fingerprint density at radius 1 is 1.48 bits per heavy atom. The highest BCUT2D eigenvalue weighted by molar-refractivity contribution is 9.10. The monoisotopic (exact) mass is 354 g/mol. The summed E-state index contributed by atoms with van der Waals surface area (Å²) in [6, 6.07) is 8.96. The highest BCUT2D eigenvalue weighted by atomic mass is 79.9. The molecule has 0 spiro atoms. The van der Waals surface area contributed by atoms with Crippen LogP contribution in [0.25, 0.3) is 0 Å². The SMILES string of the molecule is CNC(CCN1CC(C)OC(C)(C)C1)c1cccc(Br)c1. The van der Waals surface area contributed by atoms with E-state index in [0.717, 1.165) is 30.5 Å². The van der Waals surface area contributed by atoms with Crippen LogP contribution in [0.2, 0.25) is 0 Å². The maximum Gasteiger partial charge on any atom is 0.0757 e. The molecular formula is C17H27BrN2O. The lowest BCUT2D eigenvalue weighted by atomic mass is 10.0. The number of halogens is 1. The van der Waals surface area contributed by atoms with Crippen molar-refractivity contribution in [3.63, 3.8) is 0 Å². The topological polar surface area (TPSA) is 24.5 Å². The Morgan fingerprint density at radius 2 is 2.24 bits per heavy atom. The van der Waals surface area contributed by atoms with Gasteiger partial charge in [-0.1, -0.05) is 28.1 Å². The first kappa shape index (κ1) is 16.9. The molecule has 1 aliphatic heterocycles. The number of rotatable bonds is 5. The summed E-state index contributed by atoms with van der Waals surface area (Å²) in [5.74, 6) is 0. The molecule has 1 aromatic carbocycles. The van der Waals surface area contributed by atoms with E-state index in [1.165, 1.54) is 5.56 Å². The van der Waals surface area contributed by atoms with Crippen molar-refractivity contribution in [3.8, 4) is 0 Å². The predicted molar refractivity (Wildman–Crippen MR) is 91.6 cm³/mol. The summed E-state index contributed by atoms with van der Waals surface area (Å²) < 4.78 is 7.11. The Bertz CT molecular complexity index is 464. The highest BCUT2D eigenvalue weighted by Gasteiger charge is 2.31. The Kier molecular flexibility index (Phi) is 5.83. The van der Waals surface area contributed by atoms with E-state index >= 15 is 0 Å². The van der Waals surface area contributed by atoms with E-state index in [0.29, 0.717) is 12.1 Å². The van der Waals surface area contributed by atoms with Crippen LogP contribution in [0.3, 0.4) is 0 Å². The number of hydrogen-bond donors (Lipinski definition) is 1. The lowest BCUT2D eigenvalue weighted by Crippen LogP contribution is -2.52. The van der Waals surface area contributed by atoms with Gasteiger partial charge in [0.1, 0.15) is 0 Å². The van der Waals surface area contributed by atoms with Crippen molar-refractivity contribution in [1.82, 2.24) is 10.2 Å². The second-order valence-corrected chi connectivity index (χ2v) is 7.52. The van der Waals surface area contributed by atoms with Gasteiger partial charge in [0.05, 0.1) is 11.7 Å². The molecule has 0 aliphatic carbocycles. The summed E-state index contributed by atoms with van der Waals surface area (Å²) in [4.78, 5) is 2.52. The number of morpholine rings is 1. The molecule has 1 N–H and O–H groups in total. The molecule has 21 heavy (non-hydrogen) atoms. The molecule has 4 heteroatoms. The van der Waals surface area contributed by atoms with Gasteiger partial charge in [-0.15, -0.1) is 0 Å². The van der Waals surface area contributed by atoms with Crippen LogP contribution >= 0.6 is 15.9 Å². The van der Waals surface area contributed by atoms with Crippen molar-refractivity contribution in [2.24, 2.45) is 0 Å². The number of ether oxygens (including phenoxy) is 1. The second kappa shape index (κ2) is 7.23. The molecule has 2 unspecified atom stereocenters. The summed E-state index contributed by atoms with van der Waals surface area (Å²) >= 11 is 3.56. The van der Waals surface area contributed by atoms with Gasteiger partial charge >= 0.3 is 0 Å². The summed E-state index contributed by atoms with van der Waals surface area (Å²) in [5, 5.41) is 3.44. The zero-order valence-corrected chi connectivity index (χ0v) is 15.1. The average Bonchev–Trinajstić information content (AvgIpc) is 2.37. The van der Waals surface area contributed by atoms with Gasteiger partial charge in [-0.25, -0.2) is 0 Å². The van der Waals surface area contributed by atoms with Crippen molar-refractivity contribution < 1.29 is 4.74 Å². The van der Waals surface area contributed by atoms with Crippen LogP contribution in [0.5, 0.6) is 0 Å². The minimum atomic E-state index is -0.0391. The fourth-order valence-electron chi connectivity index (χ4n) is 3.27. The fraction of sp³-hybridized carbons (Fsp3) is 0.647. The van der Waals surface area contributed by atoms with Crippen LogP contribution in [0, 0.1) is 0 Å². The Morgan fingerprint density at radius 3 is 2.86 bits per heavy atom. The van der Waals surface area contributed by atoms with Gasteiger partial charge in [-0.05, 0) is 51.9 Å². The summed E-state index contributed by atoms with van der Waals surface area (Å²) in [6.07, 6.45) is 1.42. The molecule has 1 aliphatic rings. The van der Waals surface area contributed by atoms with E-state index in [2.05, 4.69) is 71.2 Å². The molecule has 1 heterocycles. The van der Waals surface area contributed by atoms with Gasteiger partial charge in [0, 0.05) is 30.1 Å². The molecule has 1 fully saturated rings. The highest BCUT2D eigenvalue weighted by Crippen LogP contribution is 2.24. The van der Waals surface area contributed by atoms with Gasteiger partial charge in [-0.3, -0.25) is 4.90 Å². The van der Waals surface area contributed by atoms with Crippen molar-refractivity contribution in [2.45, 2.75) is 44.9 Å². The lowest BCUT2D eigenvalue weighted by molar-refractivity contribution is -0.129. The number of hydrogen-bond acceptors (Lipinski definition) is 3. The molecule has 1 aromatic rings. The van der Waals surface area contributed by atoms with Crippen LogP contribution in [0.1, 0.15) is 38.8 Å². The number of nitrogens with one attached hydrogen (secondary N) is 1. The molecule has 0 amide bonds. The van der Waals surface area contributed by atoms with Crippen LogP contribution in [-0.2, 0) is 4.74 Å². The van der Waals surface area contributed by atoms with E-state index in [-0.39, 0.29) is 5.60 Å². The first-order chi connectivity index (χ1) is 9.89. The normalized spacial score (nSPS) is 24.0. The zero-order chi connectivity index (χ0) is 15.5. The fourth-order valence-corrected chi connectivity index (χ4v) is 3.69. The minimum Gasteiger partial charge on any atom is -0.370 e. The predicted octanol–water partition coefficient (Wildman–Crippen LogP) is 3.60. The molecule has 0 saturated carbocycles. The smallest absolute Gasteiger partial charge is 0.0757 e. The summed E-state index contributed by atoms with van der Waals surface area (Å²) in [6.45, 7) is 9.65. The molecule has 3 nitrogen and oxygen atoms in total. The van der Waals surface area contributed by atoms with E-state index < -0.39 is 0 Å². The molecule has 2 atom stereocenters. The summed E-state index contributed by atoms with van der Waals surface area (Å²) in [7, 11) is 2.04. The third-order valence-corrected chi connectivity index (χ3v) is 4.47. The third-order valence-electron chi connectivity index (χ3n) is 3.97. The van der Waals surface area contributed by atoms with Crippen molar-refractivity contribution in [3.05, 3.63) is 34.3 Å². The molecule has 1 saturated heterocycles. The van der Waals surface area contributed by atoms with E-state index in [1.54, 1.807) is 0 Å². The largest absolute Gasteiger partial charge is 0.370 e. The van der Waals surface area contributed by atoms with Crippen LogP contribution in [-0.4, -0.2) is 43.3 Å². The molecule has 0 aromatic heterocycles. The Labute approximate surface area is 137 Å². The van der Waals surface area contributed by atoms with Gasteiger partial charge in [-0.2, -0.15) is 0 Å². The van der Waals surface area contributed by atoms with E-state index in [1.807, 2.05) is 7.05 Å². The second-order valence-electron chi connectivity index (χ2n) is 6.61. The Balaban J connectivity index is 1.94. The molecule has 2 rings (SSSR count). The molecular weight excluding hydrogens is 328 g/mol. The van der Waals surface area contributed by atoms with Crippen LogP contribution in [0.15, 0.2) is 28.7 Å². The van der Waals surface area contributed by atoms with E-state index in [4.69, 9.17) is 4.74 Å². The quantitative estimate of drug-likeness (QED) is 0.874.